The van der Waals surface area contributed by atoms with E-state index in [2.05, 4.69) is 13.0 Å². The van der Waals surface area contributed by atoms with Gasteiger partial charge in [-0.3, -0.25) is 0 Å². The minimum atomic E-state index is -0.414. The number of nitrogens with zero attached hydrogens (tertiary/aromatic N) is 1. The Kier molecular flexibility index (Phi) is 4.74. The first kappa shape index (κ1) is 10.7. The lowest BCUT2D eigenvalue weighted by Crippen LogP contribution is -2.02. The van der Waals surface area contributed by atoms with E-state index in [0.717, 1.165) is 18.4 Å². The van der Waals surface area contributed by atoms with Gasteiger partial charge in [0, 0.05) is 6.61 Å². The molecule has 0 N–H and O–H groups in total. The molecule has 0 aliphatic rings. The van der Waals surface area contributed by atoms with Crippen LogP contribution in [0.25, 0.3) is 0 Å². The van der Waals surface area contributed by atoms with Crippen LogP contribution in [-0.4, -0.2) is 6.61 Å². The lowest BCUT2D eigenvalue weighted by Gasteiger charge is -2.09. The van der Waals surface area contributed by atoms with Gasteiger partial charge in [-0.05, 0) is 12.0 Å². The number of hydrogen-bond donors (Lipinski definition) is 0. The summed E-state index contributed by atoms with van der Waals surface area (Å²) >= 11 is 0. The van der Waals surface area contributed by atoms with Crippen molar-refractivity contribution in [1.29, 1.82) is 5.26 Å². The van der Waals surface area contributed by atoms with Gasteiger partial charge in [-0.25, -0.2) is 0 Å². The molecule has 0 saturated heterocycles. The van der Waals surface area contributed by atoms with Crippen LogP contribution < -0.4 is 0 Å². The van der Waals surface area contributed by atoms with Crippen molar-refractivity contribution in [2.24, 2.45) is 0 Å². The third-order valence-electron chi connectivity index (χ3n) is 2.00. The van der Waals surface area contributed by atoms with Crippen molar-refractivity contribution < 1.29 is 4.74 Å². The standard InChI is InChI=1S/C12H15NO/c1-2-3-9-14-12(10-13)11-7-5-4-6-8-11/h4-8,12H,2-3,9H2,1H3. The topological polar surface area (TPSA) is 33.0 Å². The Balaban J connectivity index is 2.52. The number of hydrogen-bond acceptors (Lipinski definition) is 2. The van der Waals surface area contributed by atoms with E-state index in [1.54, 1.807) is 0 Å². The van der Waals surface area contributed by atoms with E-state index in [1.807, 2.05) is 30.3 Å². The zero-order valence-corrected chi connectivity index (χ0v) is 8.44. The highest BCUT2D eigenvalue weighted by molar-refractivity contribution is 5.21. The van der Waals surface area contributed by atoms with E-state index in [0.29, 0.717) is 6.61 Å². The van der Waals surface area contributed by atoms with Crippen LogP contribution in [0.3, 0.4) is 0 Å². The van der Waals surface area contributed by atoms with Gasteiger partial charge in [0.25, 0.3) is 0 Å². The largest absolute Gasteiger partial charge is 0.359 e. The van der Waals surface area contributed by atoms with Crippen LogP contribution in [0, 0.1) is 11.3 Å². The zero-order chi connectivity index (χ0) is 10.2. The molecule has 0 bridgehead atoms. The van der Waals surface area contributed by atoms with Gasteiger partial charge in [-0.1, -0.05) is 43.7 Å². The fourth-order valence-electron chi connectivity index (χ4n) is 1.18. The van der Waals surface area contributed by atoms with Gasteiger partial charge >= 0.3 is 0 Å². The van der Waals surface area contributed by atoms with Gasteiger partial charge in [0.05, 0.1) is 6.07 Å². The minimum absolute atomic E-state index is 0.414. The maximum Gasteiger partial charge on any atom is 0.169 e. The molecular weight excluding hydrogens is 174 g/mol. The van der Waals surface area contributed by atoms with Gasteiger partial charge in [-0.15, -0.1) is 0 Å². The highest BCUT2D eigenvalue weighted by Gasteiger charge is 2.08. The molecule has 1 aromatic carbocycles. The smallest absolute Gasteiger partial charge is 0.169 e. The second-order valence-electron chi connectivity index (χ2n) is 3.14. The van der Waals surface area contributed by atoms with Gasteiger partial charge < -0.3 is 4.74 Å². The summed E-state index contributed by atoms with van der Waals surface area (Å²) in [7, 11) is 0. The number of rotatable bonds is 5. The average molecular weight is 189 g/mol. The molecule has 0 aromatic heterocycles. The second-order valence-corrected chi connectivity index (χ2v) is 3.14. The van der Waals surface area contributed by atoms with Crippen LogP contribution in [0.15, 0.2) is 30.3 Å². The summed E-state index contributed by atoms with van der Waals surface area (Å²) in [4.78, 5) is 0. The minimum Gasteiger partial charge on any atom is -0.359 e. The van der Waals surface area contributed by atoms with Crippen LogP contribution in [0.4, 0.5) is 0 Å². The lowest BCUT2D eigenvalue weighted by molar-refractivity contribution is 0.0878. The third kappa shape index (κ3) is 3.20. The quantitative estimate of drug-likeness (QED) is 0.667. The van der Waals surface area contributed by atoms with Crippen molar-refractivity contribution in [3.05, 3.63) is 35.9 Å². The fourth-order valence-corrected chi connectivity index (χ4v) is 1.18. The molecule has 0 amide bonds. The third-order valence-corrected chi connectivity index (χ3v) is 2.00. The first-order chi connectivity index (χ1) is 6.88. The monoisotopic (exact) mass is 189 g/mol. The number of unbranched alkanes of at least 4 members (excludes halogenated alkanes) is 1. The highest BCUT2D eigenvalue weighted by Crippen LogP contribution is 2.15. The van der Waals surface area contributed by atoms with Crippen molar-refractivity contribution in [1.82, 2.24) is 0 Å². The second kappa shape index (κ2) is 6.17. The normalized spacial score (nSPS) is 12.0. The Morgan fingerprint density at radius 3 is 2.64 bits per heavy atom. The van der Waals surface area contributed by atoms with Gasteiger partial charge in [-0.2, -0.15) is 5.26 Å². The van der Waals surface area contributed by atoms with E-state index in [4.69, 9.17) is 10.00 Å². The molecule has 2 nitrogen and oxygen atoms in total. The summed E-state index contributed by atoms with van der Waals surface area (Å²) in [6.07, 6.45) is 1.68. The molecule has 0 heterocycles. The first-order valence-corrected chi connectivity index (χ1v) is 4.94. The van der Waals surface area contributed by atoms with Crippen molar-refractivity contribution in [3.8, 4) is 6.07 Å². The van der Waals surface area contributed by atoms with Crippen LogP contribution in [0.1, 0.15) is 31.4 Å². The Labute approximate surface area is 85.1 Å². The molecule has 0 spiro atoms. The Morgan fingerprint density at radius 1 is 1.36 bits per heavy atom. The fraction of sp³-hybridized carbons (Fsp3) is 0.417. The molecular formula is C12H15NO. The van der Waals surface area contributed by atoms with Crippen LogP contribution in [0.2, 0.25) is 0 Å². The molecule has 14 heavy (non-hydrogen) atoms. The summed E-state index contributed by atoms with van der Waals surface area (Å²) in [6.45, 7) is 2.76. The van der Waals surface area contributed by atoms with E-state index in [-0.39, 0.29) is 0 Å². The van der Waals surface area contributed by atoms with Gasteiger partial charge in [0.2, 0.25) is 0 Å². The molecule has 2 heteroatoms. The Hall–Kier alpha value is -1.33. The van der Waals surface area contributed by atoms with Crippen LogP contribution in [0.5, 0.6) is 0 Å². The summed E-state index contributed by atoms with van der Waals surface area (Å²) in [5, 5.41) is 8.90. The van der Waals surface area contributed by atoms with Crippen molar-refractivity contribution in [2.45, 2.75) is 25.9 Å². The Morgan fingerprint density at radius 2 is 2.07 bits per heavy atom. The summed E-state index contributed by atoms with van der Waals surface area (Å²) in [5.41, 5.74) is 0.936. The van der Waals surface area contributed by atoms with Crippen LogP contribution >= 0.6 is 0 Å². The van der Waals surface area contributed by atoms with Crippen molar-refractivity contribution in [3.63, 3.8) is 0 Å². The Bertz CT molecular complexity index is 289. The molecule has 0 fully saturated rings. The molecule has 1 unspecified atom stereocenters. The summed E-state index contributed by atoms with van der Waals surface area (Å²) < 4.78 is 5.46. The van der Waals surface area contributed by atoms with E-state index >= 15 is 0 Å². The zero-order valence-electron chi connectivity index (χ0n) is 8.44. The van der Waals surface area contributed by atoms with E-state index in [9.17, 15) is 0 Å². The number of nitriles is 1. The highest BCUT2D eigenvalue weighted by atomic mass is 16.5. The number of ether oxygens (including phenoxy) is 1. The van der Waals surface area contributed by atoms with E-state index in [1.165, 1.54) is 0 Å². The molecule has 1 rings (SSSR count). The van der Waals surface area contributed by atoms with Gasteiger partial charge in [0.15, 0.2) is 6.10 Å². The maximum absolute atomic E-state index is 8.90. The van der Waals surface area contributed by atoms with E-state index < -0.39 is 6.10 Å². The molecule has 0 aliphatic heterocycles. The molecule has 1 aromatic rings. The molecule has 0 radical (unpaired) electrons. The predicted molar refractivity (Wildman–Crippen MR) is 55.7 cm³/mol. The average Bonchev–Trinajstić information content (AvgIpc) is 2.26. The van der Waals surface area contributed by atoms with Crippen molar-refractivity contribution >= 4 is 0 Å². The summed E-state index contributed by atoms with van der Waals surface area (Å²) in [5.74, 6) is 0. The predicted octanol–water partition coefficient (Wildman–Crippen LogP) is 3.07. The van der Waals surface area contributed by atoms with Crippen molar-refractivity contribution in [2.75, 3.05) is 6.61 Å². The SMILES string of the molecule is CCCCOC(C#N)c1ccccc1. The molecule has 0 aliphatic carbocycles. The molecule has 0 saturated carbocycles. The van der Waals surface area contributed by atoms with Gasteiger partial charge in [0.1, 0.15) is 0 Å². The van der Waals surface area contributed by atoms with Crippen LogP contribution in [-0.2, 0) is 4.74 Å². The summed E-state index contributed by atoms with van der Waals surface area (Å²) in [6, 6.07) is 11.8. The lowest BCUT2D eigenvalue weighted by atomic mass is 10.1. The molecule has 74 valence electrons. The molecule has 1 atom stereocenters. The first-order valence-electron chi connectivity index (χ1n) is 4.94. The number of benzene rings is 1. The maximum atomic E-state index is 8.90.